The normalized spacial score (nSPS) is 28.1. The van der Waals surface area contributed by atoms with Crippen LogP contribution in [0.15, 0.2) is 24.3 Å². The average Bonchev–Trinajstić information content (AvgIpc) is 2.84. The number of hydrogen-bond acceptors (Lipinski definition) is 5. The van der Waals surface area contributed by atoms with Gasteiger partial charge in [-0.2, -0.15) is 0 Å². The predicted molar refractivity (Wildman–Crippen MR) is 78.6 cm³/mol. The Kier molecular flexibility index (Phi) is 4.81. The summed E-state index contributed by atoms with van der Waals surface area (Å²) in [4.78, 5) is 0. The molecule has 1 saturated carbocycles. The molecule has 1 spiro atoms. The summed E-state index contributed by atoms with van der Waals surface area (Å²) in [7, 11) is 0. The van der Waals surface area contributed by atoms with E-state index in [1.165, 1.54) is 12.5 Å². The molecule has 2 unspecified atom stereocenters. The van der Waals surface area contributed by atoms with Crippen LogP contribution in [0.25, 0.3) is 0 Å². The minimum absolute atomic E-state index is 0.274. The molecule has 1 heterocycles. The second-order valence-electron chi connectivity index (χ2n) is 5.57. The second-order valence-corrected chi connectivity index (χ2v) is 6.00. The van der Waals surface area contributed by atoms with E-state index < -0.39 is 11.9 Å². The largest absolute Gasteiger partial charge is 0.341 e. The molecule has 2 fully saturated rings. The van der Waals surface area contributed by atoms with Crippen LogP contribution in [-0.4, -0.2) is 18.5 Å². The third kappa shape index (κ3) is 3.24. The zero-order valence-electron chi connectivity index (χ0n) is 11.8. The molecule has 1 aromatic carbocycles. The van der Waals surface area contributed by atoms with Crippen molar-refractivity contribution in [3.8, 4) is 0 Å². The molecule has 0 bridgehead atoms. The molecule has 2 aliphatic rings. The third-order valence-corrected chi connectivity index (χ3v) is 4.45. The van der Waals surface area contributed by atoms with Gasteiger partial charge < -0.3 is 9.47 Å². The van der Waals surface area contributed by atoms with Crippen molar-refractivity contribution in [2.75, 3.05) is 6.61 Å². The molecular formula is C15H20FNO3S. The van der Waals surface area contributed by atoms with Crippen LogP contribution in [0.2, 0.25) is 0 Å². The molecule has 0 radical (unpaired) electrons. The molecule has 3 rings (SSSR count). The highest BCUT2D eigenvalue weighted by Crippen LogP contribution is 2.46. The molecule has 1 aromatic rings. The van der Waals surface area contributed by atoms with E-state index in [9.17, 15) is 4.39 Å². The topological polar surface area (TPSA) is 53.7 Å². The lowest BCUT2D eigenvalue weighted by atomic mass is 9.94. The van der Waals surface area contributed by atoms with Crippen molar-refractivity contribution in [2.45, 2.75) is 50.1 Å². The monoisotopic (exact) mass is 313 g/mol. The molecule has 4 nitrogen and oxygen atoms in total. The van der Waals surface area contributed by atoms with Gasteiger partial charge in [-0.05, 0) is 18.9 Å². The predicted octanol–water partition coefficient (Wildman–Crippen LogP) is 3.48. The Balaban J connectivity index is 1.83. The van der Waals surface area contributed by atoms with E-state index in [0.29, 0.717) is 5.56 Å². The molecule has 21 heavy (non-hydrogen) atoms. The molecule has 116 valence electrons. The van der Waals surface area contributed by atoms with Gasteiger partial charge in [-0.3, -0.25) is 9.32 Å². The van der Waals surface area contributed by atoms with Crippen LogP contribution >= 0.6 is 12.2 Å². The van der Waals surface area contributed by atoms with Crippen LogP contribution in [0.4, 0.5) is 4.39 Å². The Morgan fingerprint density at radius 3 is 2.71 bits per heavy atom. The minimum atomic E-state index is -0.585. The fourth-order valence-corrected chi connectivity index (χ4v) is 3.41. The quantitative estimate of drug-likeness (QED) is 0.681. The standard InChI is InChI=1S/C15H20FNO3S/c16-12-7-3-2-6-11(12)14-13(10-18-21-17)19-15(20-14)8-4-1-5-9-15/h2-3,6-7,13-14H,1,4-5,8-10,17H2. The fourth-order valence-electron chi connectivity index (χ4n) is 3.20. The highest BCUT2D eigenvalue weighted by atomic mass is 32.2. The number of hydrogen-bond donors (Lipinski definition) is 1. The van der Waals surface area contributed by atoms with Crippen LogP contribution < -0.4 is 5.14 Å². The number of halogens is 1. The summed E-state index contributed by atoms with van der Waals surface area (Å²) in [5.41, 5.74) is 0.524. The first-order chi connectivity index (χ1) is 10.2. The lowest BCUT2D eigenvalue weighted by Gasteiger charge is -2.32. The molecule has 1 saturated heterocycles. The van der Waals surface area contributed by atoms with Gasteiger partial charge in [0.15, 0.2) is 5.79 Å². The molecule has 1 aliphatic carbocycles. The lowest BCUT2D eigenvalue weighted by Crippen LogP contribution is -2.33. The smallest absolute Gasteiger partial charge is 0.169 e. The summed E-state index contributed by atoms with van der Waals surface area (Å²) in [6, 6.07) is 6.67. The van der Waals surface area contributed by atoms with Crippen molar-refractivity contribution in [3.05, 3.63) is 35.6 Å². The van der Waals surface area contributed by atoms with Crippen molar-refractivity contribution in [3.63, 3.8) is 0 Å². The van der Waals surface area contributed by atoms with Gasteiger partial charge in [0.2, 0.25) is 0 Å². The number of benzene rings is 1. The van der Waals surface area contributed by atoms with Crippen LogP contribution in [0.1, 0.15) is 43.8 Å². The Bertz CT molecular complexity index is 482. The van der Waals surface area contributed by atoms with Crippen LogP contribution in [0.5, 0.6) is 0 Å². The minimum Gasteiger partial charge on any atom is -0.341 e. The van der Waals surface area contributed by atoms with Crippen molar-refractivity contribution in [1.82, 2.24) is 0 Å². The Labute approximate surface area is 128 Å². The fraction of sp³-hybridized carbons (Fsp3) is 0.600. The lowest BCUT2D eigenvalue weighted by molar-refractivity contribution is -0.196. The van der Waals surface area contributed by atoms with Crippen LogP contribution in [-0.2, 0) is 13.7 Å². The van der Waals surface area contributed by atoms with Crippen molar-refractivity contribution < 1.29 is 18.0 Å². The number of ether oxygens (including phenoxy) is 2. The first-order valence-electron chi connectivity index (χ1n) is 7.32. The Morgan fingerprint density at radius 2 is 2.00 bits per heavy atom. The third-order valence-electron chi connectivity index (χ3n) is 4.17. The van der Waals surface area contributed by atoms with E-state index in [-0.39, 0.29) is 18.5 Å². The highest BCUT2D eigenvalue weighted by Gasteiger charge is 2.49. The summed E-state index contributed by atoms with van der Waals surface area (Å²) in [5, 5.41) is 5.31. The molecule has 0 aromatic heterocycles. The van der Waals surface area contributed by atoms with E-state index in [2.05, 4.69) is 0 Å². The van der Waals surface area contributed by atoms with Gasteiger partial charge in [0.1, 0.15) is 18.0 Å². The first-order valence-corrected chi connectivity index (χ1v) is 8.13. The van der Waals surface area contributed by atoms with Gasteiger partial charge in [0.05, 0.1) is 18.8 Å². The summed E-state index contributed by atoms with van der Waals surface area (Å²) in [5.74, 6) is -0.859. The summed E-state index contributed by atoms with van der Waals surface area (Å²) in [6.07, 6.45) is 4.26. The van der Waals surface area contributed by atoms with E-state index >= 15 is 0 Å². The van der Waals surface area contributed by atoms with Gasteiger partial charge >= 0.3 is 0 Å². The number of rotatable bonds is 4. The second kappa shape index (κ2) is 6.62. The summed E-state index contributed by atoms with van der Waals surface area (Å²) >= 11 is 0.796. The van der Waals surface area contributed by atoms with Crippen molar-refractivity contribution >= 4 is 12.2 Å². The molecule has 2 N–H and O–H groups in total. The first kappa shape index (κ1) is 15.2. The molecular weight excluding hydrogens is 293 g/mol. The SMILES string of the molecule is NSOCC1OC2(CCCCC2)OC1c1ccccc1F. The van der Waals surface area contributed by atoms with Crippen molar-refractivity contribution in [2.24, 2.45) is 5.14 Å². The highest BCUT2D eigenvalue weighted by molar-refractivity contribution is 7.92. The molecule has 2 atom stereocenters. The van der Waals surface area contributed by atoms with E-state index in [0.717, 1.165) is 37.9 Å². The van der Waals surface area contributed by atoms with Gasteiger partial charge in [0, 0.05) is 18.4 Å². The van der Waals surface area contributed by atoms with Gasteiger partial charge in [-0.1, -0.05) is 24.6 Å². The summed E-state index contributed by atoms with van der Waals surface area (Å²) < 4.78 is 31.6. The Hall–Kier alpha value is -0.660. The maximum Gasteiger partial charge on any atom is 0.169 e. The zero-order valence-corrected chi connectivity index (χ0v) is 12.6. The molecule has 1 aliphatic heterocycles. The van der Waals surface area contributed by atoms with Crippen LogP contribution in [0, 0.1) is 5.82 Å². The maximum absolute atomic E-state index is 14.1. The maximum atomic E-state index is 14.1. The molecule has 0 amide bonds. The average molecular weight is 313 g/mol. The zero-order chi connectivity index (χ0) is 14.7. The van der Waals surface area contributed by atoms with E-state index in [1.807, 2.05) is 6.07 Å². The summed E-state index contributed by atoms with van der Waals surface area (Å²) in [6.45, 7) is 0.280. The Morgan fingerprint density at radius 1 is 1.24 bits per heavy atom. The van der Waals surface area contributed by atoms with Crippen molar-refractivity contribution in [1.29, 1.82) is 0 Å². The van der Waals surface area contributed by atoms with Gasteiger partial charge in [0.25, 0.3) is 0 Å². The molecule has 6 heteroatoms. The van der Waals surface area contributed by atoms with Gasteiger partial charge in [-0.15, -0.1) is 0 Å². The van der Waals surface area contributed by atoms with E-state index in [1.54, 1.807) is 12.1 Å². The van der Waals surface area contributed by atoms with Crippen LogP contribution in [0.3, 0.4) is 0 Å². The van der Waals surface area contributed by atoms with E-state index in [4.69, 9.17) is 18.8 Å². The number of nitrogens with two attached hydrogens (primary N) is 1. The van der Waals surface area contributed by atoms with Gasteiger partial charge in [-0.25, -0.2) is 4.39 Å².